The Kier molecular flexibility index (Phi) is 11.5. The van der Waals surface area contributed by atoms with Crippen molar-refractivity contribution in [2.75, 3.05) is 19.8 Å². The first-order chi connectivity index (χ1) is 23.3. The highest BCUT2D eigenvalue weighted by Crippen LogP contribution is 2.44. The number of aliphatic hydroxyl groups is 1. The Labute approximate surface area is 286 Å². The van der Waals surface area contributed by atoms with Gasteiger partial charge in [-0.1, -0.05) is 60.7 Å². The van der Waals surface area contributed by atoms with Crippen LogP contribution >= 0.6 is 0 Å². The average Bonchev–Trinajstić information content (AvgIpc) is 3.05. The fourth-order valence-electron chi connectivity index (χ4n) is 5.80. The van der Waals surface area contributed by atoms with Crippen molar-refractivity contribution in [3.05, 3.63) is 107 Å². The number of hydrogen-bond acceptors (Lipinski definition) is 6. The first-order valence-corrected chi connectivity index (χ1v) is 15.8. The number of carbonyl (C=O) groups is 2. The molecule has 1 unspecified atom stereocenters. The lowest BCUT2D eigenvalue weighted by atomic mass is 9.75. The summed E-state index contributed by atoms with van der Waals surface area (Å²) >= 11 is 0. The number of rotatable bonds is 9. The number of amides is 2. The summed E-state index contributed by atoms with van der Waals surface area (Å²) in [6.45, 7) is 4.83. The number of nitrogens with zero attached hydrogens (tertiary/aromatic N) is 1. The Morgan fingerprint density at radius 3 is 1.96 bits per heavy atom. The Morgan fingerprint density at radius 2 is 1.44 bits per heavy atom. The maximum atomic E-state index is 14.1. The Hall–Kier alpha value is -4.30. The van der Waals surface area contributed by atoms with Crippen LogP contribution in [0.1, 0.15) is 74.5 Å². The lowest BCUT2D eigenvalue weighted by Crippen LogP contribution is -2.68. The lowest BCUT2D eigenvalue weighted by Gasteiger charge is -2.53. The third-order valence-electron chi connectivity index (χ3n) is 8.45. The van der Waals surface area contributed by atoms with Gasteiger partial charge in [0.05, 0.1) is 48.1 Å². The van der Waals surface area contributed by atoms with Gasteiger partial charge in [0.1, 0.15) is 12.2 Å². The second-order valence-electron chi connectivity index (χ2n) is 13.4. The van der Waals surface area contributed by atoms with Gasteiger partial charge in [0, 0.05) is 0 Å². The summed E-state index contributed by atoms with van der Waals surface area (Å²) in [5.74, 6) is 0. The molecule has 1 heterocycles. The summed E-state index contributed by atoms with van der Waals surface area (Å²) in [4.78, 5) is 28.3. The van der Waals surface area contributed by atoms with Crippen LogP contribution in [0.5, 0.6) is 0 Å². The number of ether oxygens (including phenoxy) is 3. The summed E-state index contributed by atoms with van der Waals surface area (Å²) in [6, 6.07) is 18.5. The fourth-order valence-corrected chi connectivity index (χ4v) is 5.80. The molecule has 1 fully saturated rings. The molecule has 0 radical (unpaired) electrons. The van der Waals surface area contributed by atoms with Gasteiger partial charge in [-0.3, -0.25) is 4.90 Å². The number of likely N-dealkylation sites (tertiary alicyclic amines) is 1. The van der Waals surface area contributed by atoms with E-state index in [1.54, 1.807) is 81.4 Å². The van der Waals surface area contributed by atoms with Crippen molar-refractivity contribution < 1.29 is 55.2 Å². The fraction of sp³-hybridized carbons (Fsp3) is 0.444. The zero-order valence-electron chi connectivity index (χ0n) is 28.0. The maximum Gasteiger partial charge on any atom is 0.416 e. The van der Waals surface area contributed by atoms with Crippen molar-refractivity contribution in [2.24, 2.45) is 0 Å². The normalized spacial score (nSPS) is 20.6. The largest absolute Gasteiger partial charge is 0.445 e. The molecular formula is C36H40F6N2O6. The van der Waals surface area contributed by atoms with Crippen LogP contribution in [0.4, 0.5) is 35.9 Å². The van der Waals surface area contributed by atoms with Crippen LogP contribution in [0.15, 0.2) is 78.9 Å². The standard InChI is InChI=1S/C36H40F6N2O6/c1-24(26-17-28(35(37,38)39)19-29(18-26)36(40,41)42)49-23-34(27-13-9-6-10-14-27)16-15-33(22-45,43-30(46)50-32(2,3)4)21-44(34)31(47)48-20-25-11-7-5-8-12-25/h5-14,17-19,24,45H,15-16,20-23H2,1-4H3,(H,43,46)/t24-,33?,34-/m1/s1. The highest BCUT2D eigenvalue weighted by molar-refractivity contribution is 5.72. The van der Waals surface area contributed by atoms with Gasteiger partial charge >= 0.3 is 24.5 Å². The number of carbonyl (C=O) groups excluding carboxylic acids is 2. The van der Waals surface area contributed by atoms with Crippen molar-refractivity contribution in [2.45, 2.75) is 82.3 Å². The zero-order chi connectivity index (χ0) is 37.0. The van der Waals surface area contributed by atoms with Crippen LogP contribution < -0.4 is 5.32 Å². The van der Waals surface area contributed by atoms with Gasteiger partial charge in [-0.25, -0.2) is 9.59 Å². The molecule has 0 bridgehead atoms. The number of hydrogen-bond donors (Lipinski definition) is 2. The second-order valence-corrected chi connectivity index (χ2v) is 13.4. The van der Waals surface area contributed by atoms with Crippen molar-refractivity contribution in [1.29, 1.82) is 0 Å². The van der Waals surface area contributed by atoms with Gasteiger partial charge in [0.25, 0.3) is 0 Å². The lowest BCUT2D eigenvalue weighted by molar-refractivity contribution is -0.143. The molecule has 2 amide bonds. The SMILES string of the molecule is C[C@@H](OC[C@@]1(c2ccccc2)CCC(CO)(NC(=O)OC(C)(C)C)CN1C(=O)OCc1ccccc1)c1cc(C(F)(F)F)cc(C(F)(F)F)c1. The van der Waals surface area contributed by atoms with E-state index in [0.717, 1.165) is 0 Å². The van der Waals surface area contributed by atoms with E-state index in [4.69, 9.17) is 14.2 Å². The summed E-state index contributed by atoms with van der Waals surface area (Å²) in [5, 5.41) is 13.3. The molecule has 0 aliphatic carbocycles. The van der Waals surface area contributed by atoms with E-state index >= 15 is 0 Å². The average molecular weight is 711 g/mol. The van der Waals surface area contributed by atoms with Crippen LogP contribution in [0, 0.1) is 0 Å². The Bertz CT molecular complexity index is 1580. The molecule has 50 heavy (non-hydrogen) atoms. The Balaban J connectivity index is 1.75. The van der Waals surface area contributed by atoms with E-state index in [-0.39, 0.29) is 37.6 Å². The first kappa shape index (κ1) is 38.5. The Morgan fingerprint density at radius 1 is 0.880 bits per heavy atom. The molecule has 14 heteroatoms. The molecule has 3 aromatic rings. The van der Waals surface area contributed by atoms with Crippen molar-refractivity contribution in [1.82, 2.24) is 10.2 Å². The van der Waals surface area contributed by atoms with Crippen molar-refractivity contribution in [3.63, 3.8) is 0 Å². The first-order valence-electron chi connectivity index (χ1n) is 15.8. The zero-order valence-corrected chi connectivity index (χ0v) is 28.0. The van der Waals surface area contributed by atoms with E-state index in [2.05, 4.69) is 5.32 Å². The highest BCUT2D eigenvalue weighted by atomic mass is 19.4. The van der Waals surface area contributed by atoms with E-state index in [1.807, 2.05) is 0 Å². The van der Waals surface area contributed by atoms with Gasteiger partial charge in [0.2, 0.25) is 0 Å². The molecule has 3 atom stereocenters. The number of aliphatic hydroxyl groups excluding tert-OH is 1. The van der Waals surface area contributed by atoms with Crippen LogP contribution in [0.2, 0.25) is 0 Å². The minimum Gasteiger partial charge on any atom is -0.445 e. The predicted molar refractivity (Wildman–Crippen MR) is 171 cm³/mol. The van der Waals surface area contributed by atoms with Crippen LogP contribution in [-0.2, 0) is 38.7 Å². The molecule has 1 saturated heterocycles. The maximum absolute atomic E-state index is 14.1. The van der Waals surface area contributed by atoms with E-state index in [1.165, 1.54) is 11.8 Å². The molecule has 2 N–H and O–H groups in total. The topological polar surface area (TPSA) is 97.3 Å². The van der Waals surface area contributed by atoms with Gasteiger partial charge in [-0.2, -0.15) is 26.3 Å². The van der Waals surface area contributed by atoms with Gasteiger partial charge in [-0.05, 0) is 75.4 Å². The molecule has 1 aliphatic heterocycles. The number of piperidine rings is 1. The molecule has 4 rings (SSSR count). The second kappa shape index (κ2) is 14.9. The van der Waals surface area contributed by atoms with Crippen LogP contribution in [0.3, 0.4) is 0 Å². The molecule has 3 aromatic carbocycles. The summed E-state index contributed by atoms with van der Waals surface area (Å²) in [6.07, 6.45) is -13.0. The summed E-state index contributed by atoms with van der Waals surface area (Å²) in [7, 11) is 0. The van der Waals surface area contributed by atoms with E-state index < -0.39 is 71.7 Å². The monoisotopic (exact) mass is 710 g/mol. The third-order valence-corrected chi connectivity index (χ3v) is 8.45. The predicted octanol–water partition coefficient (Wildman–Crippen LogP) is 8.39. The number of alkyl carbamates (subject to hydrolysis) is 1. The quantitative estimate of drug-likeness (QED) is 0.217. The molecule has 8 nitrogen and oxygen atoms in total. The third kappa shape index (κ3) is 9.48. The van der Waals surface area contributed by atoms with Crippen molar-refractivity contribution >= 4 is 12.2 Å². The number of nitrogens with one attached hydrogen (secondary N) is 1. The summed E-state index contributed by atoms with van der Waals surface area (Å²) < 4.78 is 99.2. The van der Waals surface area contributed by atoms with Gasteiger partial charge in [0.15, 0.2) is 0 Å². The smallest absolute Gasteiger partial charge is 0.416 e. The van der Waals surface area contributed by atoms with Crippen LogP contribution in [0.25, 0.3) is 0 Å². The summed E-state index contributed by atoms with van der Waals surface area (Å²) in [5.41, 5.74) is -5.86. The number of halogens is 6. The number of alkyl halides is 6. The van der Waals surface area contributed by atoms with Gasteiger partial charge < -0.3 is 24.6 Å². The highest BCUT2D eigenvalue weighted by Gasteiger charge is 2.53. The molecule has 0 saturated carbocycles. The molecule has 1 aliphatic rings. The van der Waals surface area contributed by atoms with E-state index in [0.29, 0.717) is 23.3 Å². The van der Waals surface area contributed by atoms with Crippen molar-refractivity contribution in [3.8, 4) is 0 Å². The molecule has 0 spiro atoms. The number of benzene rings is 3. The minimum absolute atomic E-state index is 0.0247. The van der Waals surface area contributed by atoms with Gasteiger partial charge in [-0.15, -0.1) is 0 Å². The molecular weight excluding hydrogens is 670 g/mol. The van der Waals surface area contributed by atoms with E-state index in [9.17, 15) is 41.0 Å². The van der Waals surface area contributed by atoms with Crippen LogP contribution in [-0.4, -0.2) is 53.1 Å². The molecule has 272 valence electrons. The molecule has 0 aromatic heterocycles. The minimum atomic E-state index is -5.06.